The Labute approximate surface area is 259 Å². The largest absolute Gasteiger partial charge is 0.463 e. The number of carbonyl (C=O) groups excluding carboxylic acids is 1. The second-order valence-corrected chi connectivity index (χ2v) is 9.18. The Morgan fingerprint density at radius 3 is 1.09 bits per heavy atom. The Kier molecular flexibility index (Phi) is 35.6. The number of hydrogen-bond acceptors (Lipinski definition) is 12. The normalized spacial score (nSPS) is 11.9. The molecule has 0 aliphatic carbocycles. The smallest absolute Gasteiger partial charge is 0.308 e. The molecule has 1 unspecified atom stereocenters. The summed E-state index contributed by atoms with van der Waals surface area (Å²) in [4.78, 5) is 12.0. The van der Waals surface area contributed by atoms with E-state index in [1.54, 1.807) is 0 Å². The Balaban J connectivity index is 3.15. The van der Waals surface area contributed by atoms with E-state index in [1.807, 2.05) is 6.92 Å². The summed E-state index contributed by atoms with van der Waals surface area (Å²) in [6.45, 7) is 14.0. The molecule has 0 saturated heterocycles. The summed E-state index contributed by atoms with van der Waals surface area (Å²) >= 11 is 0. The summed E-state index contributed by atoms with van der Waals surface area (Å²) in [5.41, 5.74) is 0. The Hall–Kier alpha value is -1.37. The van der Waals surface area contributed by atoms with Gasteiger partial charge in [0.05, 0.1) is 131 Å². The van der Waals surface area contributed by atoms with Crippen molar-refractivity contribution >= 4 is 5.97 Å². The van der Waals surface area contributed by atoms with E-state index >= 15 is 0 Å². The molecule has 0 amide bonds. The zero-order valence-electron chi connectivity index (χ0n) is 26.7. The molecular formula is C31H58O12. The van der Waals surface area contributed by atoms with Gasteiger partial charge in [-0.3, -0.25) is 4.79 Å². The minimum atomic E-state index is -0.120. The number of carbonyl (C=O) groups is 1. The van der Waals surface area contributed by atoms with Crippen LogP contribution in [0.3, 0.4) is 0 Å². The molecule has 43 heavy (non-hydrogen) atoms. The lowest BCUT2D eigenvalue weighted by Gasteiger charge is -2.13. The maximum Gasteiger partial charge on any atom is 0.308 e. The zero-order chi connectivity index (χ0) is 31.3. The maximum atomic E-state index is 12.0. The van der Waals surface area contributed by atoms with Crippen molar-refractivity contribution in [3.63, 3.8) is 0 Å². The number of ether oxygens (including phenoxy) is 11. The average molecular weight is 623 g/mol. The van der Waals surface area contributed by atoms with Crippen LogP contribution in [-0.2, 0) is 56.9 Å². The van der Waals surface area contributed by atoms with Gasteiger partial charge in [-0.15, -0.1) is 6.42 Å². The number of unbranched alkanes of at least 4 members (excludes halogenated alkanes) is 1. The van der Waals surface area contributed by atoms with Crippen LogP contribution in [0.5, 0.6) is 0 Å². The van der Waals surface area contributed by atoms with Crippen molar-refractivity contribution in [3.8, 4) is 12.3 Å². The van der Waals surface area contributed by atoms with Gasteiger partial charge in [0.25, 0.3) is 0 Å². The van der Waals surface area contributed by atoms with Crippen molar-refractivity contribution in [1.82, 2.24) is 0 Å². The third-order valence-electron chi connectivity index (χ3n) is 5.74. The van der Waals surface area contributed by atoms with E-state index in [0.29, 0.717) is 132 Å². The van der Waals surface area contributed by atoms with Crippen LogP contribution in [0, 0.1) is 18.3 Å². The number of rotatable bonds is 36. The number of terminal acetylenes is 1. The second-order valence-electron chi connectivity index (χ2n) is 9.18. The molecule has 0 N–H and O–H groups in total. The third-order valence-corrected chi connectivity index (χ3v) is 5.74. The molecule has 0 radical (unpaired) electrons. The lowest BCUT2D eigenvalue weighted by atomic mass is 10.00. The monoisotopic (exact) mass is 622 g/mol. The fourth-order valence-corrected chi connectivity index (χ4v) is 3.37. The first kappa shape index (κ1) is 41.6. The molecule has 0 saturated carbocycles. The van der Waals surface area contributed by atoms with E-state index in [2.05, 4.69) is 12.8 Å². The molecule has 0 rings (SSSR count). The maximum absolute atomic E-state index is 12.0. The molecule has 0 spiro atoms. The van der Waals surface area contributed by atoms with E-state index in [1.165, 1.54) is 0 Å². The van der Waals surface area contributed by atoms with Crippen LogP contribution in [0.15, 0.2) is 0 Å². The summed E-state index contributed by atoms with van der Waals surface area (Å²) in [5, 5.41) is 0. The van der Waals surface area contributed by atoms with Crippen LogP contribution in [0.2, 0.25) is 0 Å². The van der Waals surface area contributed by atoms with Gasteiger partial charge in [-0.05, 0) is 12.8 Å². The van der Waals surface area contributed by atoms with Gasteiger partial charge in [-0.1, -0.05) is 32.6 Å². The standard InChI is InChI=1S/C31H58O12/c1-4-7-8-30(6-3)31(32)43-29-28-42-27-26-41-25-24-40-23-22-39-21-20-38-19-18-37-17-16-36-15-14-35-13-12-34-11-10-33-9-5-2/h2,30H,4,6-29H2,1,3H3. The lowest BCUT2D eigenvalue weighted by Crippen LogP contribution is -2.20. The van der Waals surface area contributed by atoms with Crippen molar-refractivity contribution in [2.24, 2.45) is 5.92 Å². The fraction of sp³-hybridized carbons (Fsp3) is 0.903. The molecule has 12 nitrogen and oxygen atoms in total. The molecule has 254 valence electrons. The molecule has 12 heteroatoms. The molecule has 0 aromatic carbocycles. The van der Waals surface area contributed by atoms with Crippen LogP contribution in [0.25, 0.3) is 0 Å². The Bertz CT molecular complexity index is 602. The van der Waals surface area contributed by atoms with Crippen LogP contribution < -0.4 is 0 Å². The van der Waals surface area contributed by atoms with Gasteiger partial charge in [0.15, 0.2) is 0 Å². The van der Waals surface area contributed by atoms with Gasteiger partial charge in [0.1, 0.15) is 13.2 Å². The molecule has 0 aliphatic heterocycles. The quantitative estimate of drug-likeness (QED) is 0.0581. The SMILES string of the molecule is C#CCOCCOCCOCCOCCOCCOCCOCCOCCOCCOCCOC(=O)C(CC)CCCC. The first-order valence-corrected chi connectivity index (χ1v) is 15.6. The van der Waals surface area contributed by atoms with Crippen molar-refractivity contribution in [1.29, 1.82) is 0 Å². The van der Waals surface area contributed by atoms with Crippen molar-refractivity contribution < 1.29 is 56.9 Å². The highest BCUT2D eigenvalue weighted by Crippen LogP contribution is 2.14. The minimum absolute atomic E-state index is 0.00287. The molecule has 0 aromatic rings. The summed E-state index contributed by atoms with van der Waals surface area (Å²) in [6, 6.07) is 0. The first-order valence-electron chi connectivity index (χ1n) is 15.6. The van der Waals surface area contributed by atoms with Crippen LogP contribution in [0.1, 0.15) is 39.5 Å². The highest BCUT2D eigenvalue weighted by atomic mass is 16.6. The lowest BCUT2D eigenvalue weighted by molar-refractivity contribution is -0.150. The Morgan fingerprint density at radius 2 is 0.814 bits per heavy atom. The highest BCUT2D eigenvalue weighted by Gasteiger charge is 2.16. The average Bonchev–Trinajstić information content (AvgIpc) is 3.02. The van der Waals surface area contributed by atoms with Gasteiger partial charge < -0.3 is 52.1 Å². The van der Waals surface area contributed by atoms with Gasteiger partial charge in [0.2, 0.25) is 0 Å². The fourth-order valence-electron chi connectivity index (χ4n) is 3.37. The minimum Gasteiger partial charge on any atom is -0.463 e. The molecule has 0 fully saturated rings. The highest BCUT2D eigenvalue weighted by molar-refractivity contribution is 5.72. The topological polar surface area (TPSA) is 119 Å². The number of esters is 1. The summed E-state index contributed by atoms with van der Waals surface area (Å²) < 4.78 is 59.3. The molecule has 1 atom stereocenters. The predicted molar refractivity (Wildman–Crippen MR) is 161 cm³/mol. The third kappa shape index (κ3) is 33.4. The molecule has 0 heterocycles. The van der Waals surface area contributed by atoms with Gasteiger partial charge in [-0.2, -0.15) is 0 Å². The second kappa shape index (κ2) is 36.8. The summed E-state index contributed by atoms with van der Waals surface area (Å²) in [6.07, 6.45) is 8.91. The molecular weight excluding hydrogens is 564 g/mol. The van der Waals surface area contributed by atoms with Crippen molar-refractivity contribution in [2.75, 3.05) is 139 Å². The van der Waals surface area contributed by atoms with Crippen molar-refractivity contribution in [3.05, 3.63) is 0 Å². The van der Waals surface area contributed by atoms with Crippen LogP contribution in [0.4, 0.5) is 0 Å². The predicted octanol–water partition coefficient (Wildman–Crippen LogP) is 2.55. The zero-order valence-corrected chi connectivity index (χ0v) is 26.7. The molecule has 0 bridgehead atoms. The van der Waals surface area contributed by atoms with Crippen LogP contribution in [-0.4, -0.2) is 145 Å². The van der Waals surface area contributed by atoms with E-state index in [0.717, 1.165) is 25.7 Å². The van der Waals surface area contributed by atoms with E-state index < -0.39 is 0 Å². The molecule has 0 aliphatic rings. The molecule has 0 aromatic heterocycles. The summed E-state index contributed by atoms with van der Waals surface area (Å²) in [5.74, 6) is 2.27. The van der Waals surface area contributed by atoms with Crippen molar-refractivity contribution in [2.45, 2.75) is 39.5 Å². The van der Waals surface area contributed by atoms with E-state index in [-0.39, 0.29) is 18.5 Å². The van der Waals surface area contributed by atoms with E-state index in [4.69, 9.17) is 58.5 Å². The number of hydrogen-bond donors (Lipinski definition) is 0. The Morgan fingerprint density at radius 1 is 0.512 bits per heavy atom. The summed E-state index contributed by atoms with van der Waals surface area (Å²) in [7, 11) is 0. The van der Waals surface area contributed by atoms with Gasteiger partial charge >= 0.3 is 5.97 Å². The first-order chi connectivity index (χ1) is 21.3. The van der Waals surface area contributed by atoms with Crippen LogP contribution >= 0.6 is 0 Å². The van der Waals surface area contributed by atoms with E-state index in [9.17, 15) is 4.79 Å². The van der Waals surface area contributed by atoms with Gasteiger partial charge in [0, 0.05) is 0 Å². The van der Waals surface area contributed by atoms with Gasteiger partial charge in [-0.25, -0.2) is 0 Å².